The van der Waals surface area contributed by atoms with Gasteiger partial charge in [0.1, 0.15) is 0 Å². The number of hydrogen-bond acceptors (Lipinski definition) is 5. The van der Waals surface area contributed by atoms with Gasteiger partial charge in [-0.2, -0.15) is 0 Å². The summed E-state index contributed by atoms with van der Waals surface area (Å²) in [6.07, 6.45) is 6.99. The van der Waals surface area contributed by atoms with E-state index < -0.39 is 23.4 Å². The molecule has 2 aliphatic heterocycles. The van der Waals surface area contributed by atoms with Crippen LogP contribution in [0.1, 0.15) is 51.9 Å². The zero-order valence-electron chi connectivity index (χ0n) is 14.0. The van der Waals surface area contributed by atoms with E-state index in [-0.39, 0.29) is 0 Å². The van der Waals surface area contributed by atoms with Crippen molar-refractivity contribution in [2.45, 2.75) is 57.4 Å². The molecular formula is C16H28N4O3. The summed E-state index contributed by atoms with van der Waals surface area (Å²) in [4.78, 5) is 38.4. The standard InChI is InChI=1S/C16H28N4O3/c1-2-3-4-5-6-7-8-16(20-11-9-17-10-12-20)13(21)18-15(23)19-14(16)22/h17H,2-12H2,1H3,(H2,18,19,21,22,23). The van der Waals surface area contributed by atoms with Crippen molar-refractivity contribution in [1.29, 1.82) is 0 Å². The van der Waals surface area contributed by atoms with E-state index in [2.05, 4.69) is 22.9 Å². The number of nitrogens with one attached hydrogen (secondary N) is 3. The van der Waals surface area contributed by atoms with Crippen LogP contribution in [0.3, 0.4) is 0 Å². The molecule has 0 spiro atoms. The Hall–Kier alpha value is -1.47. The lowest BCUT2D eigenvalue weighted by atomic mass is 9.86. The average Bonchev–Trinajstić information content (AvgIpc) is 2.54. The number of carbonyl (C=O) groups is 3. The quantitative estimate of drug-likeness (QED) is 0.453. The number of carbonyl (C=O) groups excluding carboxylic acids is 3. The van der Waals surface area contributed by atoms with Crippen LogP contribution in [-0.2, 0) is 9.59 Å². The fraction of sp³-hybridized carbons (Fsp3) is 0.812. The number of imide groups is 2. The van der Waals surface area contributed by atoms with Gasteiger partial charge in [-0.3, -0.25) is 25.1 Å². The summed E-state index contributed by atoms with van der Waals surface area (Å²) in [6.45, 7) is 4.92. The number of rotatable bonds is 8. The van der Waals surface area contributed by atoms with Gasteiger partial charge < -0.3 is 5.32 Å². The molecule has 7 heteroatoms. The summed E-state index contributed by atoms with van der Waals surface area (Å²) >= 11 is 0. The molecule has 0 aromatic carbocycles. The van der Waals surface area contributed by atoms with Crippen molar-refractivity contribution >= 4 is 17.8 Å². The van der Waals surface area contributed by atoms with Gasteiger partial charge in [0.15, 0.2) is 5.54 Å². The first kappa shape index (κ1) is 17.9. The summed E-state index contributed by atoms with van der Waals surface area (Å²) in [7, 11) is 0. The van der Waals surface area contributed by atoms with Crippen LogP contribution in [0.2, 0.25) is 0 Å². The maximum absolute atomic E-state index is 12.5. The van der Waals surface area contributed by atoms with Gasteiger partial charge >= 0.3 is 6.03 Å². The van der Waals surface area contributed by atoms with E-state index in [4.69, 9.17) is 0 Å². The molecule has 0 unspecified atom stereocenters. The highest BCUT2D eigenvalue weighted by atomic mass is 16.2. The molecule has 0 aromatic rings. The van der Waals surface area contributed by atoms with E-state index in [0.29, 0.717) is 19.5 Å². The zero-order chi connectivity index (χ0) is 16.7. The highest BCUT2D eigenvalue weighted by Crippen LogP contribution is 2.27. The van der Waals surface area contributed by atoms with Crippen LogP contribution < -0.4 is 16.0 Å². The van der Waals surface area contributed by atoms with E-state index in [9.17, 15) is 14.4 Å². The van der Waals surface area contributed by atoms with Crippen molar-refractivity contribution in [2.75, 3.05) is 26.2 Å². The Morgan fingerprint density at radius 3 is 2.09 bits per heavy atom. The monoisotopic (exact) mass is 324 g/mol. The van der Waals surface area contributed by atoms with Crippen molar-refractivity contribution in [3.8, 4) is 0 Å². The summed E-state index contributed by atoms with van der Waals surface area (Å²) in [5.41, 5.74) is -1.24. The number of urea groups is 1. The molecule has 2 fully saturated rings. The number of hydrogen-bond donors (Lipinski definition) is 3. The van der Waals surface area contributed by atoms with Gasteiger partial charge in [-0.05, 0) is 6.42 Å². The third kappa shape index (κ3) is 4.09. The van der Waals surface area contributed by atoms with Crippen LogP contribution in [-0.4, -0.2) is 54.5 Å². The predicted octanol–water partition coefficient (Wildman–Crippen LogP) is 0.747. The number of barbiturate groups is 1. The van der Waals surface area contributed by atoms with Gasteiger partial charge in [0.2, 0.25) is 0 Å². The van der Waals surface area contributed by atoms with Crippen LogP contribution in [0.25, 0.3) is 0 Å². The first-order chi connectivity index (χ1) is 11.1. The second-order valence-electron chi connectivity index (χ2n) is 6.35. The van der Waals surface area contributed by atoms with Gasteiger partial charge in [0, 0.05) is 26.2 Å². The minimum absolute atomic E-state index is 0.462. The number of unbranched alkanes of at least 4 members (excludes halogenated alkanes) is 5. The Kier molecular flexibility index (Phi) is 6.53. The maximum atomic E-state index is 12.5. The molecule has 7 nitrogen and oxygen atoms in total. The van der Waals surface area contributed by atoms with E-state index >= 15 is 0 Å². The van der Waals surface area contributed by atoms with Crippen molar-refractivity contribution in [3.63, 3.8) is 0 Å². The third-order valence-electron chi connectivity index (χ3n) is 4.75. The van der Waals surface area contributed by atoms with Crippen molar-refractivity contribution in [2.24, 2.45) is 0 Å². The van der Waals surface area contributed by atoms with E-state index in [1.807, 2.05) is 4.90 Å². The van der Waals surface area contributed by atoms with Crippen LogP contribution >= 0.6 is 0 Å². The third-order valence-corrected chi connectivity index (χ3v) is 4.75. The molecule has 23 heavy (non-hydrogen) atoms. The van der Waals surface area contributed by atoms with Crippen LogP contribution in [0.4, 0.5) is 4.79 Å². The smallest absolute Gasteiger partial charge is 0.314 e. The molecule has 130 valence electrons. The molecule has 0 saturated carbocycles. The normalized spacial score (nSPS) is 21.9. The first-order valence-electron chi connectivity index (χ1n) is 8.74. The van der Waals surface area contributed by atoms with Gasteiger partial charge in [0.05, 0.1) is 0 Å². The van der Waals surface area contributed by atoms with Crippen LogP contribution in [0.5, 0.6) is 0 Å². The van der Waals surface area contributed by atoms with E-state index in [1.165, 1.54) is 19.3 Å². The lowest BCUT2D eigenvalue weighted by Crippen LogP contribution is -2.74. The summed E-state index contributed by atoms with van der Waals surface area (Å²) in [5, 5.41) is 7.80. The first-order valence-corrected chi connectivity index (χ1v) is 8.74. The number of piperazine rings is 1. The Bertz CT molecular complexity index is 427. The van der Waals surface area contributed by atoms with E-state index in [1.54, 1.807) is 0 Å². The van der Waals surface area contributed by atoms with Gasteiger partial charge in [-0.25, -0.2) is 4.79 Å². The highest BCUT2D eigenvalue weighted by molar-refractivity contribution is 6.22. The van der Waals surface area contributed by atoms with Crippen molar-refractivity contribution in [1.82, 2.24) is 20.9 Å². The number of nitrogens with zero attached hydrogens (tertiary/aromatic N) is 1. The second-order valence-corrected chi connectivity index (χ2v) is 6.35. The largest absolute Gasteiger partial charge is 0.328 e. The Morgan fingerprint density at radius 1 is 0.913 bits per heavy atom. The van der Waals surface area contributed by atoms with Gasteiger partial charge in [0.25, 0.3) is 11.8 Å². The molecule has 0 bridgehead atoms. The highest BCUT2D eigenvalue weighted by Gasteiger charge is 2.54. The molecule has 0 aromatic heterocycles. The van der Waals surface area contributed by atoms with Gasteiger partial charge in [-0.15, -0.1) is 0 Å². The molecule has 3 N–H and O–H groups in total. The predicted molar refractivity (Wildman–Crippen MR) is 86.8 cm³/mol. The van der Waals surface area contributed by atoms with Crippen molar-refractivity contribution < 1.29 is 14.4 Å². The Balaban J connectivity index is 2.03. The number of amides is 4. The SMILES string of the molecule is CCCCCCCCC1(N2CCNCC2)C(=O)NC(=O)NC1=O. The zero-order valence-corrected chi connectivity index (χ0v) is 14.0. The Labute approximate surface area is 137 Å². The molecule has 2 heterocycles. The van der Waals surface area contributed by atoms with Crippen LogP contribution in [0, 0.1) is 0 Å². The molecule has 4 amide bonds. The fourth-order valence-electron chi connectivity index (χ4n) is 3.43. The fourth-order valence-corrected chi connectivity index (χ4v) is 3.43. The molecule has 2 aliphatic rings. The second kappa shape index (κ2) is 8.40. The van der Waals surface area contributed by atoms with Crippen LogP contribution in [0.15, 0.2) is 0 Å². The molecule has 0 atom stereocenters. The summed E-state index contributed by atoms with van der Waals surface area (Å²) in [5.74, 6) is -0.941. The minimum Gasteiger partial charge on any atom is -0.314 e. The minimum atomic E-state index is -1.24. The topological polar surface area (TPSA) is 90.5 Å². The van der Waals surface area contributed by atoms with E-state index in [0.717, 1.165) is 32.4 Å². The molecule has 0 radical (unpaired) electrons. The molecule has 2 saturated heterocycles. The summed E-state index contributed by atoms with van der Waals surface area (Å²) < 4.78 is 0. The lowest BCUT2D eigenvalue weighted by Gasteiger charge is -2.44. The van der Waals surface area contributed by atoms with Crippen molar-refractivity contribution in [3.05, 3.63) is 0 Å². The lowest BCUT2D eigenvalue weighted by molar-refractivity contribution is -0.149. The maximum Gasteiger partial charge on any atom is 0.328 e. The van der Waals surface area contributed by atoms with Gasteiger partial charge in [-0.1, -0.05) is 45.4 Å². The molecule has 0 aliphatic carbocycles. The average molecular weight is 324 g/mol. The summed E-state index contributed by atoms with van der Waals surface area (Å²) in [6, 6.07) is -0.714. The molecule has 2 rings (SSSR count). The molecular weight excluding hydrogens is 296 g/mol. The Morgan fingerprint density at radius 2 is 1.48 bits per heavy atom.